The molecule has 1 saturated heterocycles. The molecule has 9 nitrogen and oxygen atoms in total. The van der Waals surface area contributed by atoms with E-state index in [9.17, 15) is 32.7 Å². The number of aliphatic hydroxyl groups excluding tert-OH is 1. The van der Waals surface area contributed by atoms with Crippen LogP contribution >= 0.6 is 11.6 Å². The number of fused-ring (bicyclic) bond motifs is 1. The number of carbonyl (C=O) groups is 3. The lowest BCUT2D eigenvalue weighted by Crippen LogP contribution is -2.50. The number of ether oxygens (including phenoxy) is 1. The van der Waals surface area contributed by atoms with E-state index < -0.39 is 36.9 Å². The molecular weight excluding hydrogens is 541 g/mol. The van der Waals surface area contributed by atoms with E-state index in [4.69, 9.17) is 16.3 Å². The van der Waals surface area contributed by atoms with Gasteiger partial charge in [-0.3, -0.25) is 9.59 Å². The largest absolute Gasteiger partial charge is 0.484 e. The number of aliphatic hydroxyl groups is 1. The molecular formula is C26H28ClF3N4O5. The van der Waals surface area contributed by atoms with E-state index in [0.717, 1.165) is 6.07 Å². The zero-order valence-electron chi connectivity index (χ0n) is 21.1. The first-order valence-electron chi connectivity index (χ1n) is 12.3. The molecule has 2 aromatic rings. The molecule has 0 radical (unpaired) electrons. The number of hydrogen-bond donors (Lipinski definition) is 2. The molecule has 39 heavy (non-hydrogen) atoms. The van der Waals surface area contributed by atoms with E-state index in [0.29, 0.717) is 24.2 Å². The summed E-state index contributed by atoms with van der Waals surface area (Å²) >= 11 is 6.28. The van der Waals surface area contributed by atoms with Gasteiger partial charge in [0.1, 0.15) is 5.75 Å². The van der Waals surface area contributed by atoms with E-state index in [1.54, 1.807) is 31.2 Å². The maximum Gasteiger partial charge on any atom is 0.422 e. The Kier molecular flexibility index (Phi) is 8.55. The first-order valence-corrected chi connectivity index (χ1v) is 12.7. The van der Waals surface area contributed by atoms with E-state index in [1.165, 1.54) is 26.8 Å². The Labute approximate surface area is 228 Å². The highest BCUT2D eigenvalue weighted by atomic mass is 35.5. The van der Waals surface area contributed by atoms with Gasteiger partial charge in [0.15, 0.2) is 6.61 Å². The number of carbonyl (C=O) groups excluding carboxylic acids is 3. The van der Waals surface area contributed by atoms with Crippen LogP contribution < -0.4 is 15.0 Å². The highest BCUT2D eigenvalue weighted by Crippen LogP contribution is 2.31. The summed E-state index contributed by atoms with van der Waals surface area (Å²) in [5.41, 5.74) is 1.30. The first-order chi connectivity index (χ1) is 18.4. The van der Waals surface area contributed by atoms with Crippen molar-refractivity contribution in [2.75, 3.05) is 37.7 Å². The molecule has 2 aromatic carbocycles. The molecule has 2 aliphatic heterocycles. The number of likely N-dealkylation sites (tertiary alicyclic amines) is 1. The van der Waals surface area contributed by atoms with Crippen molar-refractivity contribution in [3.63, 3.8) is 0 Å². The van der Waals surface area contributed by atoms with Crippen LogP contribution in [0.1, 0.15) is 29.3 Å². The molecule has 13 heteroatoms. The van der Waals surface area contributed by atoms with Gasteiger partial charge in [0.2, 0.25) is 5.91 Å². The zero-order chi connectivity index (χ0) is 28.3. The predicted octanol–water partition coefficient (Wildman–Crippen LogP) is 3.43. The minimum absolute atomic E-state index is 0.0642. The molecule has 4 rings (SSSR count). The molecule has 4 amide bonds. The Morgan fingerprint density at radius 2 is 1.90 bits per heavy atom. The van der Waals surface area contributed by atoms with Crippen molar-refractivity contribution in [2.45, 2.75) is 38.2 Å². The Balaban J connectivity index is 1.49. The number of amides is 4. The summed E-state index contributed by atoms with van der Waals surface area (Å²) in [5, 5.41) is 12.2. The number of alkyl halides is 3. The summed E-state index contributed by atoms with van der Waals surface area (Å²) in [5.74, 6) is -0.914. The summed E-state index contributed by atoms with van der Waals surface area (Å²) in [6.45, 7) is 0.976. The standard InChI is InChI=1S/C26H28ClF3N4O5/c1-16-12-34(24(37)20-7-6-19(10-21(20)27)39-15-26(28,29)30)22-5-3-2-4-17(22)13-33(16)25(38)31-11-23(36)32-9-8-18(35)14-32/h2-7,10,16,18,35H,8-9,11-15H2,1H3,(H,31,38)/t16-,18+/m1/s1. The van der Waals surface area contributed by atoms with Crippen molar-refractivity contribution in [3.8, 4) is 5.75 Å². The normalized spacial score (nSPS) is 19.4. The van der Waals surface area contributed by atoms with Gasteiger partial charge in [-0.1, -0.05) is 29.8 Å². The van der Waals surface area contributed by atoms with Crippen molar-refractivity contribution in [1.29, 1.82) is 0 Å². The second-order valence-electron chi connectivity index (χ2n) is 9.51. The molecule has 2 heterocycles. The average Bonchev–Trinajstić information content (AvgIpc) is 3.26. The van der Waals surface area contributed by atoms with Gasteiger partial charge in [-0.15, -0.1) is 0 Å². The number of β-amino-alcohol motifs (C(OH)–C–C–N with tert-alkyl or cyclic N) is 1. The molecule has 0 spiro atoms. The number of nitrogens with zero attached hydrogens (tertiary/aromatic N) is 3. The topological polar surface area (TPSA) is 102 Å². The number of benzene rings is 2. The van der Waals surface area contributed by atoms with Gasteiger partial charge in [-0.2, -0.15) is 13.2 Å². The Bertz CT molecular complexity index is 1240. The maximum absolute atomic E-state index is 13.6. The van der Waals surface area contributed by atoms with E-state index in [1.807, 2.05) is 0 Å². The van der Waals surface area contributed by atoms with Crippen molar-refractivity contribution >= 4 is 35.1 Å². The molecule has 0 aromatic heterocycles. The van der Waals surface area contributed by atoms with Crippen LogP contribution in [0.25, 0.3) is 0 Å². The van der Waals surface area contributed by atoms with Gasteiger partial charge in [-0.05, 0) is 43.2 Å². The third kappa shape index (κ3) is 6.93. The Hall–Kier alpha value is -3.51. The van der Waals surface area contributed by atoms with Crippen molar-refractivity contribution in [1.82, 2.24) is 15.1 Å². The second-order valence-corrected chi connectivity index (χ2v) is 9.92. The highest BCUT2D eigenvalue weighted by molar-refractivity contribution is 6.34. The fraction of sp³-hybridized carbons (Fsp3) is 0.423. The molecule has 2 N–H and O–H groups in total. The van der Waals surface area contributed by atoms with E-state index in [-0.39, 0.29) is 48.4 Å². The van der Waals surface area contributed by atoms with Crippen LogP contribution in [0.3, 0.4) is 0 Å². The van der Waals surface area contributed by atoms with Crippen LogP contribution in [0.15, 0.2) is 42.5 Å². The smallest absolute Gasteiger partial charge is 0.422 e. The number of rotatable bonds is 5. The highest BCUT2D eigenvalue weighted by Gasteiger charge is 2.33. The van der Waals surface area contributed by atoms with Crippen LogP contribution in [0.2, 0.25) is 5.02 Å². The predicted molar refractivity (Wildman–Crippen MR) is 137 cm³/mol. The Morgan fingerprint density at radius 3 is 2.56 bits per heavy atom. The molecule has 0 bridgehead atoms. The third-order valence-corrected chi connectivity index (χ3v) is 6.90. The fourth-order valence-electron chi connectivity index (χ4n) is 4.58. The number of para-hydroxylation sites is 1. The lowest BCUT2D eigenvalue weighted by molar-refractivity contribution is -0.153. The van der Waals surface area contributed by atoms with E-state index >= 15 is 0 Å². The summed E-state index contributed by atoms with van der Waals surface area (Å²) in [6.07, 6.45) is -4.58. The fourth-order valence-corrected chi connectivity index (χ4v) is 4.83. The molecule has 2 atom stereocenters. The lowest BCUT2D eigenvalue weighted by atomic mass is 10.1. The second kappa shape index (κ2) is 11.7. The van der Waals surface area contributed by atoms with E-state index in [2.05, 4.69) is 5.32 Å². The molecule has 210 valence electrons. The van der Waals surface area contributed by atoms with Gasteiger partial charge in [0.25, 0.3) is 5.91 Å². The summed E-state index contributed by atoms with van der Waals surface area (Å²) < 4.78 is 42.2. The van der Waals surface area contributed by atoms with Crippen LogP contribution in [0, 0.1) is 0 Å². The maximum atomic E-state index is 13.6. The van der Waals surface area contributed by atoms with Gasteiger partial charge in [0, 0.05) is 37.9 Å². The van der Waals surface area contributed by atoms with Crippen molar-refractivity contribution in [2.24, 2.45) is 0 Å². The zero-order valence-corrected chi connectivity index (χ0v) is 21.8. The van der Waals surface area contributed by atoms with Gasteiger partial charge >= 0.3 is 12.2 Å². The quantitative estimate of drug-likeness (QED) is 0.575. The van der Waals surface area contributed by atoms with Crippen molar-refractivity contribution in [3.05, 3.63) is 58.6 Å². The SMILES string of the molecule is C[C@@H]1CN(C(=O)c2ccc(OCC(F)(F)F)cc2Cl)c2ccccc2CN1C(=O)NCC(=O)N1CC[C@H](O)C1. The summed E-state index contributed by atoms with van der Waals surface area (Å²) in [7, 11) is 0. The minimum atomic E-state index is -4.52. The number of halogens is 4. The summed E-state index contributed by atoms with van der Waals surface area (Å²) in [6, 6.07) is 9.78. The number of hydrogen-bond acceptors (Lipinski definition) is 5. The minimum Gasteiger partial charge on any atom is -0.484 e. The number of nitrogens with one attached hydrogen (secondary N) is 1. The van der Waals surface area contributed by atoms with Crippen LogP contribution in [0.5, 0.6) is 5.75 Å². The molecule has 1 fully saturated rings. The lowest BCUT2D eigenvalue weighted by Gasteiger charge is -2.29. The summed E-state index contributed by atoms with van der Waals surface area (Å²) in [4.78, 5) is 43.6. The molecule has 0 aliphatic carbocycles. The monoisotopic (exact) mass is 568 g/mol. The number of anilines is 1. The first kappa shape index (κ1) is 28.5. The van der Waals surface area contributed by atoms with Crippen LogP contribution in [-0.2, 0) is 11.3 Å². The van der Waals surface area contributed by atoms with Gasteiger partial charge < -0.3 is 29.9 Å². The Morgan fingerprint density at radius 1 is 1.15 bits per heavy atom. The average molecular weight is 569 g/mol. The number of urea groups is 1. The molecule has 0 unspecified atom stereocenters. The van der Waals surface area contributed by atoms with Gasteiger partial charge in [0.05, 0.1) is 23.2 Å². The third-order valence-electron chi connectivity index (χ3n) is 6.59. The molecule has 2 aliphatic rings. The van der Waals surface area contributed by atoms with Crippen LogP contribution in [0.4, 0.5) is 23.7 Å². The van der Waals surface area contributed by atoms with Gasteiger partial charge in [-0.25, -0.2) is 4.79 Å². The van der Waals surface area contributed by atoms with Crippen molar-refractivity contribution < 1.29 is 37.4 Å². The molecule has 0 saturated carbocycles. The van der Waals surface area contributed by atoms with Crippen LogP contribution in [-0.4, -0.2) is 83.9 Å².